The molecule has 1 N–H and O–H groups in total. The maximum absolute atomic E-state index is 11.4. The Morgan fingerprint density at radius 1 is 1.38 bits per heavy atom. The van der Waals surface area contributed by atoms with Crippen molar-refractivity contribution in [1.29, 1.82) is 0 Å². The van der Waals surface area contributed by atoms with Crippen LogP contribution in [-0.4, -0.2) is 30.8 Å². The number of sulfone groups is 1. The second-order valence-corrected chi connectivity index (χ2v) is 6.75. The number of oxime groups is 1. The molecule has 1 rings (SSSR count). The van der Waals surface area contributed by atoms with Crippen molar-refractivity contribution in [3.63, 3.8) is 0 Å². The highest BCUT2D eigenvalue weighted by Gasteiger charge is 2.23. The van der Waals surface area contributed by atoms with E-state index in [9.17, 15) is 8.42 Å². The number of nitrogens with zero attached hydrogens (tertiary/aromatic N) is 1. The lowest BCUT2D eigenvalue weighted by molar-refractivity contribution is 0.318. The zero-order chi connectivity index (χ0) is 12.3. The summed E-state index contributed by atoms with van der Waals surface area (Å²) in [4.78, 5) is 0. The quantitative estimate of drug-likeness (QED) is 0.528. The van der Waals surface area contributed by atoms with Crippen molar-refractivity contribution in [2.75, 3.05) is 6.26 Å². The summed E-state index contributed by atoms with van der Waals surface area (Å²) in [7, 11) is -3.27. The first-order chi connectivity index (χ1) is 7.36. The average molecular weight is 306 g/mol. The van der Waals surface area contributed by atoms with E-state index in [1.165, 1.54) is 6.92 Å². The van der Waals surface area contributed by atoms with Crippen molar-refractivity contribution in [2.45, 2.75) is 12.2 Å². The van der Waals surface area contributed by atoms with Crippen LogP contribution in [0.25, 0.3) is 0 Å². The molecule has 0 aliphatic carbocycles. The van der Waals surface area contributed by atoms with Gasteiger partial charge in [0.05, 0.1) is 0 Å². The summed E-state index contributed by atoms with van der Waals surface area (Å²) in [5.41, 5.74) is 0.735. The predicted octanol–water partition coefficient (Wildman–Crippen LogP) is 2.06. The Kier molecular flexibility index (Phi) is 4.09. The van der Waals surface area contributed by atoms with Gasteiger partial charge < -0.3 is 5.21 Å². The third kappa shape index (κ3) is 3.05. The molecule has 16 heavy (non-hydrogen) atoms. The van der Waals surface area contributed by atoms with Crippen molar-refractivity contribution < 1.29 is 13.6 Å². The average Bonchev–Trinajstić information content (AvgIpc) is 2.20. The molecule has 0 radical (unpaired) electrons. The lowest BCUT2D eigenvalue weighted by atomic mass is 10.1. The monoisotopic (exact) mass is 305 g/mol. The van der Waals surface area contributed by atoms with Crippen LogP contribution in [0.3, 0.4) is 0 Å². The Bertz CT molecular complexity index is 493. The van der Waals surface area contributed by atoms with Crippen LogP contribution in [-0.2, 0) is 9.84 Å². The Hall–Kier alpha value is -0.880. The maximum atomic E-state index is 11.4. The Morgan fingerprint density at radius 2 is 1.88 bits per heavy atom. The van der Waals surface area contributed by atoms with Crippen molar-refractivity contribution in [1.82, 2.24) is 0 Å². The van der Waals surface area contributed by atoms with Crippen molar-refractivity contribution in [3.8, 4) is 0 Å². The fraction of sp³-hybridized carbons (Fsp3) is 0.300. The SMILES string of the molecule is C[C@H](/C(=N\O)c1ccc(Br)cc1)S(C)(=O)=O. The molecule has 0 fully saturated rings. The Morgan fingerprint density at radius 3 is 2.25 bits per heavy atom. The summed E-state index contributed by atoms with van der Waals surface area (Å²) in [6, 6.07) is 6.91. The molecule has 1 aromatic rings. The van der Waals surface area contributed by atoms with Gasteiger partial charge in [-0.15, -0.1) is 0 Å². The van der Waals surface area contributed by atoms with Crippen molar-refractivity contribution >= 4 is 31.5 Å². The topological polar surface area (TPSA) is 66.7 Å². The summed E-state index contributed by atoms with van der Waals surface area (Å²) in [5.74, 6) is 0. The normalized spacial score (nSPS) is 14.8. The summed E-state index contributed by atoms with van der Waals surface area (Å²) in [6.45, 7) is 1.49. The van der Waals surface area contributed by atoms with Gasteiger partial charge in [-0.05, 0) is 19.1 Å². The highest BCUT2D eigenvalue weighted by Crippen LogP contribution is 2.15. The van der Waals surface area contributed by atoms with Crippen LogP contribution in [0.4, 0.5) is 0 Å². The number of rotatable bonds is 3. The summed E-state index contributed by atoms with van der Waals surface area (Å²) < 4.78 is 23.6. The van der Waals surface area contributed by atoms with E-state index in [0.29, 0.717) is 5.56 Å². The van der Waals surface area contributed by atoms with E-state index >= 15 is 0 Å². The molecular formula is C10H12BrNO3S. The van der Waals surface area contributed by atoms with E-state index in [1.54, 1.807) is 24.3 Å². The molecule has 0 heterocycles. The van der Waals surface area contributed by atoms with Crippen LogP contribution in [0, 0.1) is 0 Å². The summed E-state index contributed by atoms with van der Waals surface area (Å²) >= 11 is 3.27. The smallest absolute Gasteiger partial charge is 0.155 e. The molecule has 0 bridgehead atoms. The first-order valence-corrected chi connectivity index (χ1v) is 7.27. The van der Waals surface area contributed by atoms with Crippen LogP contribution in [0.2, 0.25) is 0 Å². The summed E-state index contributed by atoms with van der Waals surface area (Å²) in [6.07, 6.45) is 1.11. The molecule has 0 saturated heterocycles. The zero-order valence-electron chi connectivity index (χ0n) is 8.88. The standard InChI is InChI=1S/C10H12BrNO3S/c1-7(16(2,14)15)10(12-13)8-3-5-9(11)6-4-8/h3-7,13H,1-2H3/b12-10+/t7-/m1/s1. The molecule has 0 saturated carbocycles. The third-order valence-corrected chi connectivity index (χ3v) is 4.31. The van der Waals surface area contributed by atoms with Crippen LogP contribution in [0.15, 0.2) is 33.9 Å². The minimum atomic E-state index is -3.27. The predicted molar refractivity (Wildman–Crippen MR) is 66.8 cm³/mol. The van der Waals surface area contributed by atoms with E-state index in [2.05, 4.69) is 21.1 Å². The minimum absolute atomic E-state index is 0.148. The van der Waals surface area contributed by atoms with Gasteiger partial charge in [-0.3, -0.25) is 0 Å². The largest absolute Gasteiger partial charge is 0.411 e. The van der Waals surface area contributed by atoms with Gasteiger partial charge in [0.2, 0.25) is 0 Å². The van der Waals surface area contributed by atoms with Gasteiger partial charge >= 0.3 is 0 Å². The molecule has 4 nitrogen and oxygen atoms in total. The fourth-order valence-corrected chi connectivity index (χ4v) is 2.05. The molecule has 88 valence electrons. The van der Waals surface area contributed by atoms with Gasteiger partial charge in [0.15, 0.2) is 9.84 Å². The first kappa shape index (κ1) is 13.2. The van der Waals surface area contributed by atoms with Crippen LogP contribution < -0.4 is 0 Å². The van der Waals surface area contributed by atoms with Gasteiger partial charge in [-0.25, -0.2) is 8.42 Å². The van der Waals surface area contributed by atoms with Gasteiger partial charge in [-0.2, -0.15) is 0 Å². The number of hydrogen-bond acceptors (Lipinski definition) is 4. The molecule has 0 amide bonds. The molecule has 0 aromatic heterocycles. The van der Waals surface area contributed by atoms with Gasteiger partial charge in [0.25, 0.3) is 0 Å². The first-order valence-electron chi connectivity index (χ1n) is 4.53. The fourth-order valence-electron chi connectivity index (χ4n) is 1.20. The van der Waals surface area contributed by atoms with E-state index in [-0.39, 0.29) is 5.71 Å². The second kappa shape index (κ2) is 4.97. The minimum Gasteiger partial charge on any atom is -0.411 e. The van der Waals surface area contributed by atoms with Gasteiger partial charge in [-0.1, -0.05) is 33.2 Å². The third-order valence-electron chi connectivity index (χ3n) is 2.28. The van der Waals surface area contributed by atoms with Crippen LogP contribution in [0.5, 0.6) is 0 Å². The maximum Gasteiger partial charge on any atom is 0.155 e. The summed E-state index contributed by atoms with van der Waals surface area (Å²) in [5, 5.41) is 11.1. The van der Waals surface area contributed by atoms with Crippen LogP contribution >= 0.6 is 15.9 Å². The lowest BCUT2D eigenvalue weighted by Gasteiger charge is -2.11. The molecule has 0 aliphatic rings. The van der Waals surface area contributed by atoms with E-state index in [0.717, 1.165) is 10.7 Å². The van der Waals surface area contributed by atoms with E-state index in [4.69, 9.17) is 5.21 Å². The van der Waals surface area contributed by atoms with Crippen molar-refractivity contribution in [3.05, 3.63) is 34.3 Å². The molecule has 6 heteroatoms. The molecular weight excluding hydrogens is 294 g/mol. The molecule has 0 unspecified atom stereocenters. The van der Waals surface area contributed by atoms with Crippen molar-refractivity contribution in [2.24, 2.45) is 5.16 Å². The molecule has 1 aromatic carbocycles. The van der Waals surface area contributed by atoms with Crippen LogP contribution in [0.1, 0.15) is 12.5 Å². The zero-order valence-corrected chi connectivity index (χ0v) is 11.3. The van der Waals surface area contributed by atoms with E-state index < -0.39 is 15.1 Å². The second-order valence-electron chi connectivity index (χ2n) is 3.46. The number of halogens is 1. The highest BCUT2D eigenvalue weighted by atomic mass is 79.9. The van der Waals surface area contributed by atoms with E-state index in [1.807, 2.05) is 0 Å². The van der Waals surface area contributed by atoms with Gasteiger partial charge in [0.1, 0.15) is 11.0 Å². The Balaban J connectivity index is 3.15. The number of hydrogen-bond donors (Lipinski definition) is 1. The van der Waals surface area contributed by atoms with Gasteiger partial charge in [0, 0.05) is 16.3 Å². The highest BCUT2D eigenvalue weighted by molar-refractivity contribution is 9.10. The molecule has 0 aliphatic heterocycles. The molecule has 1 atom stereocenters. The molecule has 0 spiro atoms. The number of benzene rings is 1. The Labute approximate surface area is 103 Å². The lowest BCUT2D eigenvalue weighted by Crippen LogP contribution is -2.27.